The maximum Gasteiger partial charge on any atom is 0.244 e. The van der Waals surface area contributed by atoms with E-state index in [1.807, 2.05) is 44.2 Å². The average molecular weight is 454 g/mol. The molecule has 33 heavy (non-hydrogen) atoms. The Morgan fingerprint density at radius 3 is 2.55 bits per heavy atom. The summed E-state index contributed by atoms with van der Waals surface area (Å²) in [4.78, 5) is 12.4. The highest BCUT2D eigenvalue weighted by Crippen LogP contribution is 2.39. The fourth-order valence-corrected chi connectivity index (χ4v) is 3.62. The summed E-state index contributed by atoms with van der Waals surface area (Å²) in [7, 11) is 4.86. The molecule has 0 spiro atoms. The van der Waals surface area contributed by atoms with Gasteiger partial charge in [0.05, 0.1) is 27.1 Å². The summed E-state index contributed by atoms with van der Waals surface area (Å²) >= 11 is 0. The molecule has 176 valence electrons. The number of rotatable bonds is 11. The Hall–Kier alpha value is -3.45. The van der Waals surface area contributed by atoms with Gasteiger partial charge in [0, 0.05) is 48.9 Å². The van der Waals surface area contributed by atoms with Crippen molar-refractivity contribution in [3.05, 3.63) is 48.2 Å². The first kappa shape index (κ1) is 24.2. The molecule has 0 bridgehead atoms. The summed E-state index contributed by atoms with van der Waals surface area (Å²) in [6, 6.07) is 9.60. The molecule has 0 fully saturated rings. The standard InChI is InChI=1S/C26H31NO6/c1-6-32-23-15-24-20(14-19(23)17(2)12-26(28)27-10-7-11-29-3)21(16-33-24)18-8-9-22(30-4)25(13-18)31-5/h8-9,12-16H,6-7,10-11H2,1-5H3,(H,27,28)/b17-12+. The summed E-state index contributed by atoms with van der Waals surface area (Å²) < 4.78 is 27.5. The molecule has 0 saturated heterocycles. The van der Waals surface area contributed by atoms with Crippen LogP contribution in [0.3, 0.4) is 0 Å². The minimum atomic E-state index is -0.154. The molecule has 2 aromatic carbocycles. The van der Waals surface area contributed by atoms with Crippen molar-refractivity contribution in [2.24, 2.45) is 0 Å². The van der Waals surface area contributed by atoms with Gasteiger partial charge in [-0.25, -0.2) is 0 Å². The minimum absolute atomic E-state index is 0.154. The van der Waals surface area contributed by atoms with Crippen LogP contribution in [0.25, 0.3) is 27.7 Å². The van der Waals surface area contributed by atoms with Gasteiger partial charge in [0.2, 0.25) is 5.91 Å². The lowest BCUT2D eigenvalue weighted by Crippen LogP contribution is -2.23. The van der Waals surface area contributed by atoms with E-state index in [0.29, 0.717) is 42.6 Å². The Kier molecular flexibility index (Phi) is 8.38. The van der Waals surface area contributed by atoms with E-state index < -0.39 is 0 Å². The topological polar surface area (TPSA) is 79.2 Å². The van der Waals surface area contributed by atoms with E-state index in [-0.39, 0.29) is 5.91 Å². The Balaban J connectivity index is 2.00. The highest BCUT2D eigenvalue weighted by Gasteiger charge is 2.16. The van der Waals surface area contributed by atoms with E-state index >= 15 is 0 Å². The van der Waals surface area contributed by atoms with E-state index in [1.165, 1.54) is 0 Å². The van der Waals surface area contributed by atoms with Crippen LogP contribution < -0.4 is 19.5 Å². The molecule has 0 saturated carbocycles. The van der Waals surface area contributed by atoms with Crippen LogP contribution in [-0.2, 0) is 9.53 Å². The van der Waals surface area contributed by atoms with Crippen LogP contribution in [0.1, 0.15) is 25.8 Å². The predicted octanol–water partition coefficient (Wildman–Crippen LogP) is 5.07. The van der Waals surface area contributed by atoms with Crippen molar-refractivity contribution in [3.8, 4) is 28.4 Å². The van der Waals surface area contributed by atoms with E-state index in [1.54, 1.807) is 33.7 Å². The van der Waals surface area contributed by atoms with Crippen LogP contribution in [-0.4, -0.2) is 47.0 Å². The van der Waals surface area contributed by atoms with Gasteiger partial charge in [-0.05, 0) is 49.6 Å². The van der Waals surface area contributed by atoms with Crippen molar-refractivity contribution in [2.45, 2.75) is 20.3 Å². The zero-order chi connectivity index (χ0) is 23.8. The van der Waals surface area contributed by atoms with Gasteiger partial charge in [-0.2, -0.15) is 0 Å². The van der Waals surface area contributed by atoms with Crippen molar-refractivity contribution in [1.82, 2.24) is 5.32 Å². The SMILES string of the molecule is CCOc1cc2occ(-c3ccc(OC)c(OC)c3)c2cc1/C(C)=C/C(=O)NCCCOC. The summed E-state index contributed by atoms with van der Waals surface area (Å²) in [6.45, 7) is 5.48. The molecule has 1 amide bonds. The zero-order valence-electron chi connectivity index (χ0n) is 19.8. The number of fused-ring (bicyclic) bond motifs is 1. The van der Waals surface area contributed by atoms with Gasteiger partial charge >= 0.3 is 0 Å². The fraction of sp³-hybridized carbons (Fsp3) is 0.346. The number of methoxy groups -OCH3 is 3. The molecule has 0 aliphatic rings. The number of ether oxygens (including phenoxy) is 4. The third-order valence-corrected chi connectivity index (χ3v) is 5.27. The number of carbonyl (C=O) groups is 1. The number of hydrogen-bond acceptors (Lipinski definition) is 6. The first-order chi connectivity index (χ1) is 16.0. The lowest BCUT2D eigenvalue weighted by molar-refractivity contribution is -0.116. The van der Waals surface area contributed by atoms with Crippen molar-refractivity contribution < 1.29 is 28.2 Å². The Labute approximate surface area is 194 Å². The fourth-order valence-electron chi connectivity index (χ4n) is 3.62. The van der Waals surface area contributed by atoms with Crippen LogP contribution in [0.15, 0.2) is 47.1 Å². The lowest BCUT2D eigenvalue weighted by atomic mass is 9.99. The maximum atomic E-state index is 12.4. The van der Waals surface area contributed by atoms with E-state index in [2.05, 4.69) is 5.32 Å². The first-order valence-corrected chi connectivity index (χ1v) is 10.9. The summed E-state index contributed by atoms with van der Waals surface area (Å²) in [5.41, 5.74) is 4.17. The molecule has 0 unspecified atom stereocenters. The van der Waals surface area contributed by atoms with Crippen molar-refractivity contribution in [2.75, 3.05) is 41.1 Å². The van der Waals surface area contributed by atoms with Gasteiger partial charge in [0.25, 0.3) is 0 Å². The Morgan fingerprint density at radius 1 is 1.06 bits per heavy atom. The average Bonchev–Trinajstić information content (AvgIpc) is 3.23. The highest BCUT2D eigenvalue weighted by atomic mass is 16.5. The number of nitrogens with one attached hydrogen (secondary N) is 1. The molecule has 0 atom stereocenters. The molecule has 0 radical (unpaired) electrons. The number of allylic oxidation sites excluding steroid dienone is 1. The molecule has 0 aliphatic carbocycles. The molecular formula is C26H31NO6. The van der Waals surface area contributed by atoms with E-state index in [9.17, 15) is 4.79 Å². The monoisotopic (exact) mass is 453 g/mol. The molecule has 3 rings (SSSR count). The summed E-state index contributed by atoms with van der Waals surface area (Å²) in [5, 5.41) is 3.79. The number of hydrogen-bond donors (Lipinski definition) is 1. The minimum Gasteiger partial charge on any atom is -0.493 e. The number of carbonyl (C=O) groups excluding carboxylic acids is 1. The molecule has 1 heterocycles. The largest absolute Gasteiger partial charge is 0.493 e. The smallest absolute Gasteiger partial charge is 0.244 e. The molecule has 1 aromatic heterocycles. The molecule has 7 nitrogen and oxygen atoms in total. The quantitative estimate of drug-likeness (QED) is 0.323. The normalized spacial score (nSPS) is 11.5. The first-order valence-electron chi connectivity index (χ1n) is 10.9. The van der Waals surface area contributed by atoms with Crippen LogP contribution in [0, 0.1) is 0 Å². The van der Waals surface area contributed by atoms with Crippen LogP contribution in [0.2, 0.25) is 0 Å². The van der Waals surface area contributed by atoms with Crippen molar-refractivity contribution in [1.29, 1.82) is 0 Å². The molecular weight excluding hydrogens is 422 g/mol. The molecule has 7 heteroatoms. The highest BCUT2D eigenvalue weighted by molar-refractivity contribution is 6.00. The van der Waals surface area contributed by atoms with Gasteiger partial charge in [0.1, 0.15) is 11.3 Å². The van der Waals surface area contributed by atoms with Crippen molar-refractivity contribution in [3.63, 3.8) is 0 Å². The summed E-state index contributed by atoms with van der Waals surface area (Å²) in [5.74, 6) is 1.80. The van der Waals surface area contributed by atoms with Crippen LogP contribution in [0.5, 0.6) is 17.2 Å². The van der Waals surface area contributed by atoms with Gasteiger partial charge in [0.15, 0.2) is 11.5 Å². The predicted molar refractivity (Wildman–Crippen MR) is 129 cm³/mol. The van der Waals surface area contributed by atoms with Gasteiger partial charge in [-0.15, -0.1) is 0 Å². The summed E-state index contributed by atoms with van der Waals surface area (Å²) in [6.07, 6.45) is 4.06. The number of benzene rings is 2. The zero-order valence-corrected chi connectivity index (χ0v) is 19.8. The second kappa shape index (κ2) is 11.4. The third kappa shape index (κ3) is 5.68. The Bertz CT molecular complexity index is 1130. The van der Waals surface area contributed by atoms with E-state index in [4.69, 9.17) is 23.4 Å². The maximum absolute atomic E-state index is 12.4. The molecule has 0 aliphatic heterocycles. The second-order valence-corrected chi connectivity index (χ2v) is 7.46. The van der Waals surface area contributed by atoms with Gasteiger partial charge in [-0.1, -0.05) is 6.07 Å². The number of furan rings is 1. The molecule has 3 aromatic rings. The van der Waals surface area contributed by atoms with E-state index in [0.717, 1.165) is 34.1 Å². The van der Waals surface area contributed by atoms with Crippen molar-refractivity contribution >= 4 is 22.4 Å². The number of amides is 1. The third-order valence-electron chi connectivity index (χ3n) is 5.27. The molecule has 1 N–H and O–H groups in total. The van der Waals surface area contributed by atoms with Crippen LogP contribution in [0.4, 0.5) is 0 Å². The Morgan fingerprint density at radius 2 is 1.85 bits per heavy atom. The van der Waals surface area contributed by atoms with Crippen LogP contribution >= 0.6 is 0 Å². The van der Waals surface area contributed by atoms with Gasteiger partial charge in [-0.3, -0.25) is 4.79 Å². The lowest BCUT2D eigenvalue weighted by Gasteiger charge is -2.12. The van der Waals surface area contributed by atoms with Gasteiger partial charge < -0.3 is 28.7 Å². The second-order valence-electron chi connectivity index (χ2n) is 7.46.